The second-order valence-corrected chi connectivity index (χ2v) is 1.68. The minimum atomic E-state index is 0. The molecule has 0 saturated heterocycles. The van der Waals surface area contributed by atoms with Crippen LogP contribution in [0, 0.1) is 0 Å². The van der Waals surface area contributed by atoms with Gasteiger partial charge in [0.15, 0.2) is 0 Å². The van der Waals surface area contributed by atoms with Gasteiger partial charge in [0.1, 0.15) is 0 Å². The molecule has 0 radical (unpaired) electrons. The summed E-state index contributed by atoms with van der Waals surface area (Å²) in [6, 6.07) is 0. The zero-order chi connectivity index (χ0) is 2.71. The van der Waals surface area contributed by atoms with Crippen LogP contribution in [-0.2, 0) is 32.1 Å². The zero-order valence-corrected chi connectivity index (χ0v) is 12.2. The largest absolute Gasteiger partial charge is 1.00 e. The molecule has 0 nitrogen and oxygen atoms in total. The van der Waals surface area contributed by atoms with Crippen molar-refractivity contribution in [2.75, 3.05) is 0 Å². The van der Waals surface area contributed by atoms with Crippen LogP contribution in [0.3, 0.4) is 0 Å². The Balaban J connectivity index is -0.00000000667. The minimum absolute atomic E-state index is 0. The summed E-state index contributed by atoms with van der Waals surface area (Å²) in [4.78, 5) is 0. The predicted molar refractivity (Wildman–Crippen MR) is 11.7 cm³/mol. The minimum Gasteiger partial charge on any atom is 0 e. The van der Waals surface area contributed by atoms with E-state index in [0.29, 0.717) is 12.7 Å². The van der Waals surface area contributed by atoms with Crippen molar-refractivity contribution >= 4 is 20.4 Å². The van der Waals surface area contributed by atoms with Gasteiger partial charge < -0.3 is 17.0 Å². The van der Waals surface area contributed by atoms with Gasteiger partial charge in [0, 0.05) is 19.5 Å². The molecule has 0 aromatic rings. The first-order valence-electron chi connectivity index (χ1n) is 0.239. The van der Waals surface area contributed by atoms with E-state index in [0.717, 1.165) is 0 Å². The summed E-state index contributed by atoms with van der Waals surface area (Å²) in [7, 11) is 9.40. The van der Waals surface area contributed by atoms with Crippen molar-refractivity contribution in [3.05, 3.63) is 0 Å². The molecule has 0 aliphatic carbocycles. The molecule has 0 amide bonds. The van der Waals surface area contributed by atoms with E-state index in [2.05, 4.69) is 0 Å². The molecule has 0 heterocycles. The fourth-order valence-corrected chi connectivity index (χ4v) is 0. The Morgan fingerprint density at radius 2 is 1.17 bits per heavy atom. The monoisotopic (exact) mass is 294 g/mol. The smallest absolute Gasteiger partial charge is 0 e. The summed E-state index contributed by atoms with van der Waals surface area (Å²) in [5.41, 5.74) is 0. The molecule has 6 heavy (non-hydrogen) atoms. The molecular weight excluding hydrogens is 298 g/mol. The van der Waals surface area contributed by atoms with Gasteiger partial charge in [0.25, 0.3) is 0 Å². The maximum Gasteiger partial charge on any atom is 1.00 e. The van der Waals surface area contributed by atoms with E-state index in [1.165, 1.54) is 0 Å². The number of rotatable bonds is 0. The fraction of sp³-hybridized carbons (Fsp3) is 0. The topological polar surface area (TPSA) is 0 Å². The SMILES string of the molecule is [Br-].[Cl][Ni][Cl].[Na+].[Zn]. The van der Waals surface area contributed by atoms with Crippen molar-refractivity contribution in [1.82, 2.24) is 0 Å². The summed E-state index contributed by atoms with van der Waals surface area (Å²) in [6.07, 6.45) is 0. The molecule has 0 atom stereocenters. The Morgan fingerprint density at radius 3 is 1.17 bits per heavy atom. The summed E-state index contributed by atoms with van der Waals surface area (Å²) in [5, 5.41) is 0. The van der Waals surface area contributed by atoms with Crippen LogP contribution in [0.1, 0.15) is 0 Å². The van der Waals surface area contributed by atoms with Gasteiger partial charge in [-0.05, 0) is 0 Å². The fourth-order valence-electron chi connectivity index (χ4n) is 0. The third-order valence-corrected chi connectivity index (χ3v) is 0. The second-order valence-electron chi connectivity index (χ2n) is 0.0452. The van der Waals surface area contributed by atoms with Crippen molar-refractivity contribution in [3.63, 3.8) is 0 Å². The van der Waals surface area contributed by atoms with Crippen LogP contribution in [-0.4, -0.2) is 0 Å². The quantitative estimate of drug-likeness (QED) is 0.395. The second kappa shape index (κ2) is 24.1. The standard InChI is InChI=1S/BrH.2ClH.Na.Ni.Zn/h3*1H;;;/q;;;+1;+2;/p-3. The normalized spacial score (nSPS) is 3.67. The average molecular weight is 298 g/mol. The summed E-state index contributed by atoms with van der Waals surface area (Å²) >= 11 is 0.569. The van der Waals surface area contributed by atoms with Crippen LogP contribution < -0.4 is 46.5 Å². The van der Waals surface area contributed by atoms with Crippen LogP contribution in [0.5, 0.6) is 0 Å². The van der Waals surface area contributed by atoms with E-state index in [4.69, 9.17) is 20.4 Å². The van der Waals surface area contributed by atoms with Crippen molar-refractivity contribution in [2.24, 2.45) is 0 Å². The molecule has 0 rings (SSSR count). The van der Waals surface area contributed by atoms with Crippen molar-refractivity contribution in [3.8, 4) is 0 Å². The summed E-state index contributed by atoms with van der Waals surface area (Å²) < 4.78 is 0. The van der Waals surface area contributed by atoms with Gasteiger partial charge in [0.2, 0.25) is 0 Å². The number of hydrogen-bond acceptors (Lipinski definition) is 0. The molecule has 0 N–H and O–H groups in total. The zero-order valence-electron chi connectivity index (χ0n) is 3.16. The Hall–Kier alpha value is 3.18. The van der Waals surface area contributed by atoms with Crippen molar-refractivity contribution < 1.29 is 78.7 Å². The molecule has 0 aliphatic rings. The van der Waals surface area contributed by atoms with E-state index < -0.39 is 0 Å². The first-order chi connectivity index (χ1) is 1.41. The maximum atomic E-state index is 4.70. The predicted octanol–water partition coefficient (Wildman–Crippen LogP) is -4.62. The van der Waals surface area contributed by atoms with E-state index in [1.807, 2.05) is 0 Å². The summed E-state index contributed by atoms with van der Waals surface area (Å²) in [5.74, 6) is 0. The first kappa shape index (κ1) is 22.9. The van der Waals surface area contributed by atoms with Gasteiger partial charge in [-0.1, -0.05) is 0 Å². The third kappa shape index (κ3) is 27.1. The van der Waals surface area contributed by atoms with Gasteiger partial charge in [0.05, 0.1) is 0 Å². The van der Waals surface area contributed by atoms with Gasteiger partial charge in [-0.3, -0.25) is 0 Å². The van der Waals surface area contributed by atoms with Gasteiger partial charge >= 0.3 is 62.6 Å². The molecular formula is BrCl2NaNiZn. The van der Waals surface area contributed by atoms with E-state index in [1.54, 1.807) is 0 Å². The molecule has 0 aliphatic heterocycles. The maximum absolute atomic E-state index is 4.70. The number of halogens is 3. The first-order valence-corrected chi connectivity index (χ1v) is 2.96. The van der Waals surface area contributed by atoms with E-state index >= 15 is 0 Å². The van der Waals surface area contributed by atoms with Crippen LogP contribution in [0.2, 0.25) is 0 Å². The van der Waals surface area contributed by atoms with Crippen molar-refractivity contribution in [1.29, 1.82) is 0 Å². The van der Waals surface area contributed by atoms with Gasteiger partial charge in [-0.15, -0.1) is 0 Å². The van der Waals surface area contributed by atoms with Crippen LogP contribution in [0.4, 0.5) is 0 Å². The number of hydrogen-bond donors (Lipinski definition) is 0. The molecule has 0 bridgehead atoms. The van der Waals surface area contributed by atoms with Crippen LogP contribution >= 0.6 is 20.4 Å². The Labute approximate surface area is 97.3 Å². The molecule has 0 aromatic carbocycles. The Morgan fingerprint density at radius 1 is 1.17 bits per heavy atom. The molecule has 6 heteroatoms. The Kier molecular flexibility index (Phi) is 92.1. The van der Waals surface area contributed by atoms with Gasteiger partial charge in [-0.2, -0.15) is 0 Å². The molecule has 0 fully saturated rings. The molecule has 0 saturated carbocycles. The summed E-state index contributed by atoms with van der Waals surface area (Å²) in [6.45, 7) is 0. The van der Waals surface area contributed by atoms with Gasteiger partial charge in [-0.25, -0.2) is 0 Å². The third-order valence-electron chi connectivity index (χ3n) is 0. The van der Waals surface area contributed by atoms with Crippen LogP contribution in [0.15, 0.2) is 0 Å². The molecule has 0 aromatic heterocycles. The van der Waals surface area contributed by atoms with Crippen LogP contribution in [0.25, 0.3) is 0 Å². The van der Waals surface area contributed by atoms with Crippen molar-refractivity contribution in [2.45, 2.75) is 0 Å². The molecule has 0 unspecified atom stereocenters. The molecule has 0 spiro atoms. The van der Waals surface area contributed by atoms with E-state index in [-0.39, 0.29) is 66.0 Å². The average Bonchev–Trinajstić information content (AvgIpc) is 0.918. The molecule has 34 valence electrons. The Bertz CT molecular complexity index is 13.5. The van der Waals surface area contributed by atoms with E-state index in [9.17, 15) is 0 Å².